The van der Waals surface area contributed by atoms with E-state index in [1.807, 2.05) is 6.92 Å². The number of halogens is 3. The van der Waals surface area contributed by atoms with Gasteiger partial charge in [0.05, 0.1) is 6.10 Å². The average Bonchev–Trinajstić information content (AvgIpc) is 2.70. The molecule has 2 heterocycles. The van der Waals surface area contributed by atoms with Gasteiger partial charge in [0.2, 0.25) is 0 Å². The van der Waals surface area contributed by atoms with E-state index in [-0.39, 0.29) is 5.92 Å². The molecule has 0 saturated carbocycles. The van der Waals surface area contributed by atoms with E-state index in [1.54, 1.807) is 4.90 Å². The third-order valence-corrected chi connectivity index (χ3v) is 3.87. The molecule has 3 nitrogen and oxygen atoms in total. The van der Waals surface area contributed by atoms with Crippen molar-refractivity contribution < 1.29 is 18.3 Å². The molecule has 0 aliphatic carbocycles. The van der Waals surface area contributed by atoms with Gasteiger partial charge < -0.3 is 10.0 Å². The van der Waals surface area contributed by atoms with Crippen molar-refractivity contribution in [3.63, 3.8) is 0 Å². The molecule has 1 N–H and O–H groups in total. The zero-order valence-corrected chi connectivity index (χ0v) is 10.1. The van der Waals surface area contributed by atoms with E-state index in [9.17, 15) is 18.3 Å². The highest BCUT2D eigenvalue weighted by atomic mass is 32.1. The van der Waals surface area contributed by atoms with Gasteiger partial charge in [-0.1, -0.05) is 6.92 Å². The molecule has 2 unspecified atom stereocenters. The first-order valence-corrected chi connectivity index (χ1v) is 6.21. The molecular weight excluding hydrogens is 253 g/mol. The minimum absolute atomic E-state index is 0.188. The highest BCUT2D eigenvalue weighted by Crippen LogP contribution is 2.34. The van der Waals surface area contributed by atoms with Crippen molar-refractivity contribution in [2.45, 2.75) is 25.6 Å². The van der Waals surface area contributed by atoms with E-state index < -0.39 is 18.0 Å². The fourth-order valence-corrected chi connectivity index (χ4v) is 2.63. The van der Waals surface area contributed by atoms with Gasteiger partial charge in [-0.15, -0.1) is 11.3 Å². The van der Waals surface area contributed by atoms with Crippen molar-refractivity contribution >= 4 is 16.5 Å². The van der Waals surface area contributed by atoms with Crippen LogP contribution in [0.3, 0.4) is 0 Å². The summed E-state index contributed by atoms with van der Waals surface area (Å²) in [6.45, 7) is 2.93. The maximum Gasteiger partial charge on any atom is 0.434 e. The van der Waals surface area contributed by atoms with Gasteiger partial charge in [0.25, 0.3) is 0 Å². The topological polar surface area (TPSA) is 36.4 Å². The van der Waals surface area contributed by atoms with Crippen molar-refractivity contribution in [3.8, 4) is 0 Å². The van der Waals surface area contributed by atoms with Crippen LogP contribution in [-0.4, -0.2) is 29.3 Å². The molecule has 0 radical (unpaired) electrons. The second-order valence-electron chi connectivity index (χ2n) is 4.29. The minimum Gasteiger partial charge on any atom is -0.391 e. The van der Waals surface area contributed by atoms with Gasteiger partial charge in [0.15, 0.2) is 10.8 Å². The summed E-state index contributed by atoms with van der Waals surface area (Å²) in [5.74, 6) is 0.188. The first kappa shape index (κ1) is 12.6. The summed E-state index contributed by atoms with van der Waals surface area (Å²) < 4.78 is 37.2. The smallest absolute Gasteiger partial charge is 0.391 e. The number of piperidine rings is 1. The summed E-state index contributed by atoms with van der Waals surface area (Å²) in [5.41, 5.74) is -0.856. The van der Waals surface area contributed by atoms with Crippen molar-refractivity contribution in [2.75, 3.05) is 18.0 Å². The number of thiazole rings is 1. The Hall–Kier alpha value is -0.820. The molecule has 1 fully saturated rings. The van der Waals surface area contributed by atoms with Crippen LogP contribution >= 0.6 is 11.3 Å². The number of rotatable bonds is 1. The van der Waals surface area contributed by atoms with E-state index in [1.165, 1.54) is 0 Å². The van der Waals surface area contributed by atoms with Crippen LogP contribution in [0.1, 0.15) is 19.0 Å². The van der Waals surface area contributed by atoms with Crippen LogP contribution in [0, 0.1) is 5.92 Å². The van der Waals surface area contributed by atoms with Crippen LogP contribution in [0.4, 0.5) is 18.3 Å². The molecule has 1 aliphatic rings. The van der Waals surface area contributed by atoms with E-state index >= 15 is 0 Å². The summed E-state index contributed by atoms with van der Waals surface area (Å²) in [4.78, 5) is 5.29. The predicted octanol–water partition coefficient (Wildman–Crippen LogP) is 2.37. The largest absolute Gasteiger partial charge is 0.434 e. The Labute approximate surface area is 101 Å². The lowest BCUT2D eigenvalue weighted by Crippen LogP contribution is -2.42. The highest BCUT2D eigenvalue weighted by molar-refractivity contribution is 7.13. The third-order valence-electron chi connectivity index (χ3n) is 2.97. The number of aliphatic hydroxyl groups is 1. The molecular formula is C10H13F3N2OS. The Morgan fingerprint density at radius 3 is 2.76 bits per heavy atom. The second kappa shape index (κ2) is 4.45. The lowest BCUT2D eigenvalue weighted by Gasteiger charge is -2.33. The standard InChI is InChI=1S/C10H13F3N2OS/c1-6-2-3-15(4-7(6)16)9-14-8(5-17-9)10(11,12)13/h5-7,16H,2-4H2,1H3. The van der Waals surface area contributed by atoms with Crippen LogP contribution in [0.15, 0.2) is 5.38 Å². The highest BCUT2D eigenvalue weighted by Gasteiger charge is 2.35. The Morgan fingerprint density at radius 2 is 2.24 bits per heavy atom. The van der Waals surface area contributed by atoms with Gasteiger partial charge in [0, 0.05) is 18.5 Å². The molecule has 17 heavy (non-hydrogen) atoms. The van der Waals surface area contributed by atoms with Crippen molar-refractivity contribution in [3.05, 3.63) is 11.1 Å². The first-order chi connectivity index (χ1) is 7.88. The second-order valence-corrected chi connectivity index (χ2v) is 5.13. The molecule has 1 aromatic rings. The summed E-state index contributed by atoms with van der Waals surface area (Å²) in [7, 11) is 0. The van der Waals surface area contributed by atoms with Crippen molar-refractivity contribution in [1.82, 2.24) is 4.98 Å². The van der Waals surface area contributed by atoms with E-state index in [2.05, 4.69) is 4.98 Å². The molecule has 1 aliphatic heterocycles. The van der Waals surface area contributed by atoms with Crippen LogP contribution in [0.5, 0.6) is 0 Å². The first-order valence-electron chi connectivity index (χ1n) is 5.33. The quantitative estimate of drug-likeness (QED) is 0.847. The number of hydrogen-bond donors (Lipinski definition) is 1. The Kier molecular flexibility index (Phi) is 3.31. The normalized spacial score (nSPS) is 26.3. The van der Waals surface area contributed by atoms with Gasteiger partial charge in [-0.05, 0) is 12.3 Å². The summed E-state index contributed by atoms with van der Waals surface area (Å²) in [6.07, 6.45) is -4.12. The summed E-state index contributed by atoms with van der Waals surface area (Å²) in [6, 6.07) is 0. The Morgan fingerprint density at radius 1 is 1.53 bits per heavy atom. The van der Waals surface area contributed by atoms with Crippen molar-refractivity contribution in [1.29, 1.82) is 0 Å². The molecule has 1 aromatic heterocycles. The average molecular weight is 266 g/mol. The zero-order valence-electron chi connectivity index (χ0n) is 9.24. The molecule has 1 saturated heterocycles. The number of aliphatic hydroxyl groups excluding tert-OH is 1. The van der Waals surface area contributed by atoms with Crippen LogP contribution in [0.25, 0.3) is 0 Å². The SMILES string of the molecule is CC1CCN(c2nc(C(F)(F)F)cs2)CC1O. The number of β-amino-alcohol motifs (C(OH)–C–C–N with tert-alkyl or cyclic N) is 1. The lowest BCUT2D eigenvalue weighted by molar-refractivity contribution is -0.140. The van der Waals surface area contributed by atoms with Gasteiger partial charge in [-0.3, -0.25) is 0 Å². The van der Waals surface area contributed by atoms with Gasteiger partial charge in [-0.2, -0.15) is 13.2 Å². The monoisotopic (exact) mass is 266 g/mol. The maximum absolute atomic E-state index is 12.4. The van der Waals surface area contributed by atoms with Crippen LogP contribution in [-0.2, 0) is 6.18 Å². The van der Waals surface area contributed by atoms with Gasteiger partial charge in [-0.25, -0.2) is 4.98 Å². The third kappa shape index (κ3) is 2.71. The van der Waals surface area contributed by atoms with E-state index in [0.717, 1.165) is 23.1 Å². The lowest BCUT2D eigenvalue weighted by atomic mass is 9.96. The molecule has 2 rings (SSSR count). The number of aromatic nitrogens is 1. The Bertz CT molecular complexity index is 393. The van der Waals surface area contributed by atoms with Gasteiger partial charge >= 0.3 is 6.18 Å². The van der Waals surface area contributed by atoms with Crippen molar-refractivity contribution in [2.24, 2.45) is 5.92 Å². The molecule has 0 amide bonds. The predicted molar refractivity (Wildman–Crippen MR) is 59.1 cm³/mol. The number of nitrogens with zero attached hydrogens (tertiary/aromatic N) is 2. The van der Waals surface area contributed by atoms with Gasteiger partial charge in [0.1, 0.15) is 0 Å². The number of hydrogen-bond acceptors (Lipinski definition) is 4. The molecule has 0 bridgehead atoms. The van der Waals surface area contributed by atoms with E-state index in [0.29, 0.717) is 18.2 Å². The number of alkyl halides is 3. The molecule has 0 spiro atoms. The fraction of sp³-hybridized carbons (Fsp3) is 0.700. The van der Waals surface area contributed by atoms with Crippen LogP contribution in [0.2, 0.25) is 0 Å². The fourth-order valence-electron chi connectivity index (χ4n) is 1.76. The Balaban J connectivity index is 2.11. The summed E-state index contributed by atoms with van der Waals surface area (Å²) >= 11 is 0.970. The molecule has 2 atom stereocenters. The zero-order chi connectivity index (χ0) is 12.6. The summed E-state index contributed by atoms with van der Waals surface area (Å²) in [5, 5.41) is 11.0. The molecule has 0 aromatic carbocycles. The molecule has 96 valence electrons. The van der Waals surface area contributed by atoms with E-state index in [4.69, 9.17) is 0 Å². The van der Waals surface area contributed by atoms with Crippen LogP contribution < -0.4 is 4.90 Å². The maximum atomic E-state index is 12.4. The number of anilines is 1. The molecule has 7 heteroatoms. The minimum atomic E-state index is -4.39.